The van der Waals surface area contributed by atoms with E-state index in [2.05, 4.69) is 14.8 Å². The Balaban J connectivity index is 3.25. The Kier molecular flexibility index (Phi) is 8.58. The smallest absolute Gasteiger partial charge is 0.305 e. The molecule has 5 heteroatoms. The third-order valence-corrected chi connectivity index (χ3v) is 2.23. The Hall–Kier alpha value is -1.22. The first kappa shape index (κ1) is 13.8. The third-order valence-electron chi connectivity index (χ3n) is 2.23. The maximum absolute atomic E-state index is 10.8. The molecule has 86 valence electrons. The normalized spacial score (nSPS) is 11.6. The molecule has 15 heavy (non-hydrogen) atoms. The van der Waals surface area contributed by atoms with Crippen LogP contribution in [0.25, 0.3) is 10.4 Å². The van der Waals surface area contributed by atoms with E-state index in [-0.39, 0.29) is 12.0 Å². The summed E-state index contributed by atoms with van der Waals surface area (Å²) in [4.78, 5) is 13.5. The third kappa shape index (κ3) is 9.09. The van der Waals surface area contributed by atoms with Gasteiger partial charge < -0.3 is 4.74 Å². The molecule has 0 aliphatic rings. The van der Waals surface area contributed by atoms with Crippen molar-refractivity contribution in [3.8, 4) is 0 Å². The Labute approximate surface area is 90.4 Å². The van der Waals surface area contributed by atoms with Crippen LogP contribution < -0.4 is 0 Å². The van der Waals surface area contributed by atoms with Crippen LogP contribution in [0.15, 0.2) is 5.11 Å². The number of nitrogens with zero attached hydrogens (tertiary/aromatic N) is 3. The van der Waals surface area contributed by atoms with E-state index >= 15 is 0 Å². The van der Waals surface area contributed by atoms with Gasteiger partial charge in [0.15, 0.2) is 0 Å². The number of hydrogen-bond acceptors (Lipinski definition) is 3. The van der Waals surface area contributed by atoms with E-state index in [9.17, 15) is 4.79 Å². The van der Waals surface area contributed by atoms with Crippen molar-refractivity contribution < 1.29 is 9.53 Å². The van der Waals surface area contributed by atoms with Gasteiger partial charge in [-0.2, -0.15) is 0 Å². The lowest BCUT2D eigenvalue weighted by Gasteiger charge is -2.03. The lowest BCUT2D eigenvalue weighted by Crippen LogP contribution is -1.99. The van der Waals surface area contributed by atoms with Gasteiger partial charge in [-0.15, -0.1) is 0 Å². The zero-order valence-electron chi connectivity index (χ0n) is 9.48. The summed E-state index contributed by atoms with van der Waals surface area (Å²) in [6.45, 7) is 1.91. The van der Waals surface area contributed by atoms with Gasteiger partial charge in [0, 0.05) is 17.4 Å². The van der Waals surface area contributed by atoms with Crippen LogP contribution in [0, 0.1) is 0 Å². The molecule has 0 aromatic rings. The molecule has 0 N–H and O–H groups in total. The molecular formula is C10H19N3O2. The summed E-state index contributed by atoms with van der Waals surface area (Å²) in [5, 5.41) is 3.59. The molecular weight excluding hydrogens is 194 g/mol. The van der Waals surface area contributed by atoms with E-state index in [0.29, 0.717) is 6.42 Å². The molecule has 0 fully saturated rings. The van der Waals surface area contributed by atoms with Crippen LogP contribution in [0.3, 0.4) is 0 Å². The molecule has 0 spiro atoms. The largest absolute Gasteiger partial charge is 0.469 e. The molecule has 0 bridgehead atoms. The zero-order chi connectivity index (χ0) is 11.5. The molecule has 1 unspecified atom stereocenters. The standard InChI is InChI=1S/C10H19N3O2/c1-9(12-13-11)7-5-3-4-6-8-10(14)15-2/h9H,3-8H2,1-2H3. The van der Waals surface area contributed by atoms with Crippen molar-refractivity contribution in [2.75, 3.05) is 7.11 Å². The first-order chi connectivity index (χ1) is 7.20. The van der Waals surface area contributed by atoms with Crippen molar-refractivity contribution in [2.24, 2.45) is 5.11 Å². The van der Waals surface area contributed by atoms with Crippen molar-refractivity contribution in [1.29, 1.82) is 0 Å². The molecule has 0 rings (SSSR count). The number of unbranched alkanes of at least 4 members (excludes halogenated alkanes) is 3. The molecule has 0 radical (unpaired) electrons. The number of carbonyl (C=O) groups is 1. The van der Waals surface area contributed by atoms with Gasteiger partial charge in [-0.25, -0.2) is 0 Å². The highest BCUT2D eigenvalue weighted by Gasteiger charge is 2.00. The second-order valence-electron chi connectivity index (χ2n) is 3.58. The molecule has 1 atom stereocenters. The SMILES string of the molecule is COC(=O)CCCCCCC(C)N=[N+]=[N-]. The van der Waals surface area contributed by atoms with E-state index in [4.69, 9.17) is 5.53 Å². The molecule has 0 aromatic carbocycles. The van der Waals surface area contributed by atoms with Crippen LogP contribution in [-0.4, -0.2) is 19.1 Å². The summed E-state index contributed by atoms with van der Waals surface area (Å²) >= 11 is 0. The average molecular weight is 213 g/mol. The maximum atomic E-state index is 10.8. The van der Waals surface area contributed by atoms with E-state index in [0.717, 1.165) is 32.1 Å². The number of ether oxygens (including phenoxy) is 1. The van der Waals surface area contributed by atoms with Gasteiger partial charge in [0.1, 0.15) is 0 Å². The molecule has 0 saturated carbocycles. The molecule has 0 aliphatic heterocycles. The number of rotatable bonds is 8. The predicted octanol–water partition coefficient (Wildman–Crippen LogP) is 3.20. The van der Waals surface area contributed by atoms with Crippen molar-refractivity contribution >= 4 is 5.97 Å². The summed E-state index contributed by atoms with van der Waals surface area (Å²) in [6, 6.07) is 0.0793. The van der Waals surface area contributed by atoms with E-state index in [1.807, 2.05) is 6.92 Å². The van der Waals surface area contributed by atoms with Crippen LogP contribution in [0.4, 0.5) is 0 Å². The van der Waals surface area contributed by atoms with E-state index < -0.39 is 0 Å². The Morgan fingerprint density at radius 3 is 2.67 bits per heavy atom. The monoisotopic (exact) mass is 213 g/mol. The fourth-order valence-corrected chi connectivity index (χ4v) is 1.31. The first-order valence-electron chi connectivity index (χ1n) is 5.31. The van der Waals surface area contributed by atoms with Crippen molar-refractivity contribution in [1.82, 2.24) is 0 Å². The number of hydrogen-bond donors (Lipinski definition) is 0. The molecule has 0 amide bonds. The van der Waals surface area contributed by atoms with Gasteiger partial charge in [-0.05, 0) is 18.4 Å². The summed E-state index contributed by atoms with van der Waals surface area (Å²) in [6.07, 6.45) is 5.44. The minimum Gasteiger partial charge on any atom is -0.469 e. The fraction of sp³-hybridized carbons (Fsp3) is 0.900. The number of carbonyl (C=O) groups excluding carboxylic acids is 1. The first-order valence-corrected chi connectivity index (χ1v) is 5.31. The van der Waals surface area contributed by atoms with Crippen molar-refractivity contribution in [3.05, 3.63) is 10.4 Å². The predicted molar refractivity (Wildman–Crippen MR) is 58.3 cm³/mol. The van der Waals surface area contributed by atoms with Crippen LogP contribution in [0.5, 0.6) is 0 Å². The van der Waals surface area contributed by atoms with Crippen molar-refractivity contribution in [2.45, 2.75) is 51.5 Å². The minimum atomic E-state index is -0.141. The van der Waals surface area contributed by atoms with Gasteiger partial charge in [0.05, 0.1) is 7.11 Å². The Bertz CT molecular complexity index is 225. The molecule has 0 saturated heterocycles. The van der Waals surface area contributed by atoms with Gasteiger partial charge in [-0.3, -0.25) is 4.79 Å². The van der Waals surface area contributed by atoms with Crippen LogP contribution in [-0.2, 0) is 9.53 Å². The Morgan fingerprint density at radius 2 is 2.07 bits per heavy atom. The Morgan fingerprint density at radius 1 is 1.40 bits per heavy atom. The second kappa shape index (κ2) is 9.34. The molecule has 0 heterocycles. The zero-order valence-corrected chi connectivity index (χ0v) is 9.48. The number of azide groups is 1. The number of esters is 1. The van der Waals surface area contributed by atoms with Gasteiger partial charge >= 0.3 is 5.97 Å². The van der Waals surface area contributed by atoms with Gasteiger partial charge in [-0.1, -0.05) is 31.3 Å². The quantitative estimate of drug-likeness (QED) is 0.204. The van der Waals surface area contributed by atoms with Gasteiger partial charge in [0.25, 0.3) is 0 Å². The van der Waals surface area contributed by atoms with Crippen LogP contribution >= 0.6 is 0 Å². The van der Waals surface area contributed by atoms with Gasteiger partial charge in [0.2, 0.25) is 0 Å². The summed E-state index contributed by atoms with van der Waals surface area (Å²) in [7, 11) is 1.41. The lowest BCUT2D eigenvalue weighted by atomic mass is 10.1. The molecule has 5 nitrogen and oxygen atoms in total. The molecule has 0 aliphatic carbocycles. The highest BCUT2D eigenvalue weighted by molar-refractivity contribution is 5.68. The summed E-state index contributed by atoms with van der Waals surface area (Å²) < 4.78 is 4.53. The number of methoxy groups -OCH3 is 1. The highest BCUT2D eigenvalue weighted by Crippen LogP contribution is 2.09. The minimum absolute atomic E-state index is 0.0793. The molecule has 0 aromatic heterocycles. The summed E-state index contributed by atoms with van der Waals surface area (Å²) in [5.74, 6) is -0.141. The second-order valence-corrected chi connectivity index (χ2v) is 3.58. The average Bonchev–Trinajstić information content (AvgIpc) is 2.23. The fourth-order valence-electron chi connectivity index (χ4n) is 1.31. The topological polar surface area (TPSA) is 75.1 Å². The van der Waals surface area contributed by atoms with Crippen LogP contribution in [0.1, 0.15) is 45.4 Å². The lowest BCUT2D eigenvalue weighted by molar-refractivity contribution is -0.140. The summed E-state index contributed by atoms with van der Waals surface area (Å²) in [5.41, 5.74) is 8.17. The van der Waals surface area contributed by atoms with E-state index in [1.165, 1.54) is 7.11 Å². The maximum Gasteiger partial charge on any atom is 0.305 e. The van der Waals surface area contributed by atoms with Crippen LogP contribution in [0.2, 0.25) is 0 Å². The van der Waals surface area contributed by atoms with E-state index in [1.54, 1.807) is 0 Å². The van der Waals surface area contributed by atoms with Crippen molar-refractivity contribution in [3.63, 3.8) is 0 Å². The highest BCUT2D eigenvalue weighted by atomic mass is 16.5.